The van der Waals surface area contributed by atoms with Crippen molar-refractivity contribution in [2.45, 2.75) is 18.8 Å². The molecule has 26 heavy (non-hydrogen) atoms. The van der Waals surface area contributed by atoms with Crippen molar-refractivity contribution in [1.82, 2.24) is 9.97 Å². The quantitative estimate of drug-likeness (QED) is 0.757. The molecule has 1 amide bonds. The summed E-state index contributed by atoms with van der Waals surface area (Å²) >= 11 is 0. The molecule has 5 heteroatoms. The number of quaternary nitrogens is 1. The van der Waals surface area contributed by atoms with Crippen molar-refractivity contribution >= 4 is 22.6 Å². The van der Waals surface area contributed by atoms with Crippen LogP contribution < -0.4 is 9.80 Å². The Hall–Kier alpha value is -2.66. The highest BCUT2D eigenvalue weighted by atomic mass is 16.2. The molecule has 4 rings (SSSR count). The number of anilines is 1. The third kappa shape index (κ3) is 3.48. The van der Waals surface area contributed by atoms with Crippen LogP contribution in [0.15, 0.2) is 54.6 Å². The fourth-order valence-corrected chi connectivity index (χ4v) is 3.77. The van der Waals surface area contributed by atoms with Crippen molar-refractivity contribution < 1.29 is 9.69 Å². The summed E-state index contributed by atoms with van der Waals surface area (Å²) < 4.78 is 0. The van der Waals surface area contributed by atoms with Crippen molar-refractivity contribution in [1.29, 1.82) is 0 Å². The van der Waals surface area contributed by atoms with Crippen molar-refractivity contribution in [3.8, 4) is 0 Å². The van der Waals surface area contributed by atoms with Gasteiger partial charge in [0, 0.05) is 31.5 Å². The summed E-state index contributed by atoms with van der Waals surface area (Å²) in [6.45, 7) is 2.57. The first kappa shape index (κ1) is 16.8. The number of aromatic amines is 1. The van der Waals surface area contributed by atoms with E-state index in [2.05, 4.69) is 11.1 Å². The van der Waals surface area contributed by atoms with Gasteiger partial charge in [0.2, 0.25) is 0 Å². The molecule has 1 saturated heterocycles. The predicted molar refractivity (Wildman–Crippen MR) is 103 cm³/mol. The lowest BCUT2D eigenvalue weighted by Gasteiger charge is -2.29. The van der Waals surface area contributed by atoms with Gasteiger partial charge in [-0.2, -0.15) is 0 Å². The molecule has 1 aromatic heterocycles. The van der Waals surface area contributed by atoms with Gasteiger partial charge in [-0.3, -0.25) is 4.79 Å². The minimum absolute atomic E-state index is 0.174. The summed E-state index contributed by atoms with van der Waals surface area (Å²) in [5, 5.41) is 0. The number of benzene rings is 2. The number of piperidine rings is 1. The maximum Gasteiger partial charge on any atom is 0.281 e. The lowest BCUT2D eigenvalue weighted by Crippen LogP contribution is -3.14. The second-order valence-corrected chi connectivity index (χ2v) is 7.13. The summed E-state index contributed by atoms with van der Waals surface area (Å²) in [5.41, 5.74) is 3.10. The summed E-state index contributed by atoms with van der Waals surface area (Å²) in [4.78, 5) is 23.9. The maximum absolute atomic E-state index is 12.6. The lowest BCUT2D eigenvalue weighted by atomic mass is 9.96. The van der Waals surface area contributed by atoms with Crippen molar-refractivity contribution in [3.05, 3.63) is 60.4 Å². The van der Waals surface area contributed by atoms with E-state index in [0.29, 0.717) is 12.5 Å². The number of carbonyl (C=O) groups excluding carboxylic acids is 1. The third-order valence-corrected chi connectivity index (χ3v) is 5.41. The normalized spacial score (nSPS) is 20.2. The summed E-state index contributed by atoms with van der Waals surface area (Å²) in [7, 11) is 1.86. The number of nitrogens with zero attached hydrogens (tertiary/aromatic N) is 2. The minimum atomic E-state index is 0.174. The van der Waals surface area contributed by atoms with Gasteiger partial charge < -0.3 is 14.8 Å². The zero-order valence-electron chi connectivity index (χ0n) is 15.1. The molecule has 5 nitrogen and oxygen atoms in total. The van der Waals surface area contributed by atoms with Gasteiger partial charge >= 0.3 is 0 Å². The molecule has 0 unspecified atom stereocenters. The molecule has 0 bridgehead atoms. The second-order valence-electron chi connectivity index (χ2n) is 7.13. The Bertz CT molecular complexity index is 848. The average molecular weight is 349 g/mol. The summed E-state index contributed by atoms with van der Waals surface area (Å²) in [6.07, 6.45) is 2.13. The van der Waals surface area contributed by atoms with Crippen molar-refractivity contribution in [2.24, 2.45) is 0 Å². The molecule has 1 fully saturated rings. The number of amides is 1. The highest BCUT2D eigenvalue weighted by molar-refractivity contribution is 5.93. The fourth-order valence-electron chi connectivity index (χ4n) is 3.77. The van der Waals surface area contributed by atoms with E-state index in [9.17, 15) is 4.79 Å². The van der Waals surface area contributed by atoms with Gasteiger partial charge in [0.1, 0.15) is 5.82 Å². The van der Waals surface area contributed by atoms with Gasteiger partial charge in [0.05, 0.1) is 24.1 Å². The Balaban J connectivity index is 1.34. The molecule has 2 N–H and O–H groups in total. The highest BCUT2D eigenvalue weighted by Crippen LogP contribution is 2.23. The molecule has 3 aromatic rings. The van der Waals surface area contributed by atoms with E-state index in [1.54, 1.807) is 4.90 Å². The van der Waals surface area contributed by atoms with Crippen LogP contribution in [0.25, 0.3) is 11.0 Å². The molecule has 0 aliphatic carbocycles. The smallest absolute Gasteiger partial charge is 0.281 e. The van der Waals surface area contributed by atoms with Crippen LogP contribution in [0.5, 0.6) is 0 Å². The summed E-state index contributed by atoms with van der Waals surface area (Å²) in [5.74, 6) is 1.74. The number of para-hydroxylation sites is 3. The van der Waals surface area contributed by atoms with Crippen LogP contribution in [0, 0.1) is 0 Å². The van der Waals surface area contributed by atoms with E-state index >= 15 is 0 Å². The van der Waals surface area contributed by atoms with Crippen LogP contribution in [0.2, 0.25) is 0 Å². The van der Waals surface area contributed by atoms with E-state index < -0.39 is 0 Å². The van der Waals surface area contributed by atoms with Gasteiger partial charge in [-0.1, -0.05) is 30.3 Å². The van der Waals surface area contributed by atoms with Crippen LogP contribution in [0.1, 0.15) is 24.6 Å². The first-order chi connectivity index (χ1) is 12.7. The first-order valence-electron chi connectivity index (χ1n) is 9.30. The SMILES string of the molecule is CN(C(=O)C[NH+]1CCC(c2nc3ccccc3[nH]2)CC1)c1ccccc1. The number of hydrogen-bond donors (Lipinski definition) is 2. The molecule has 1 aliphatic rings. The number of hydrogen-bond acceptors (Lipinski definition) is 2. The van der Waals surface area contributed by atoms with Gasteiger partial charge in [0.25, 0.3) is 5.91 Å². The molecule has 134 valence electrons. The van der Waals surface area contributed by atoms with E-state index in [1.807, 2.05) is 55.6 Å². The molecule has 0 spiro atoms. The molecular formula is C21H25N4O+. The topological polar surface area (TPSA) is 53.4 Å². The zero-order chi connectivity index (χ0) is 17.9. The van der Waals surface area contributed by atoms with Crippen molar-refractivity contribution in [3.63, 3.8) is 0 Å². The number of imidazole rings is 1. The molecule has 0 atom stereocenters. The number of aromatic nitrogens is 2. The molecule has 2 heterocycles. The Morgan fingerprint density at radius 2 is 1.81 bits per heavy atom. The Morgan fingerprint density at radius 3 is 2.54 bits per heavy atom. The zero-order valence-corrected chi connectivity index (χ0v) is 15.1. The van der Waals surface area contributed by atoms with Gasteiger partial charge in [-0.25, -0.2) is 4.98 Å². The van der Waals surface area contributed by atoms with E-state index in [-0.39, 0.29) is 5.91 Å². The Labute approximate surface area is 153 Å². The number of H-pyrrole nitrogens is 1. The molecule has 0 saturated carbocycles. The van der Waals surface area contributed by atoms with Crippen LogP contribution in [-0.2, 0) is 4.79 Å². The van der Waals surface area contributed by atoms with Gasteiger partial charge in [-0.15, -0.1) is 0 Å². The predicted octanol–water partition coefficient (Wildman–Crippen LogP) is 1.99. The standard InChI is InChI=1S/C21H24N4O/c1-24(17-7-3-2-4-8-17)20(26)15-25-13-11-16(12-14-25)21-22-18-9-5-6-10-19(18)23-21/h2-10,16H,11-15H2,1H3,(H,22,23)/p+1. The molecule has 2 aromatic carbocycles. The van der Waals surface area contributed by atoms with Crippen molar-refractivity contribution in [2.75, 3.05) is 31.6 Å². The van der Waals surface area contributed by atoms with Crippen LogP contribution in [0.4, 0.5) is 5.69 Å². The number of likely N-dealkylation sites (N-methyl/N-ethyl adjacent to an activating group) is 1. The van der Waals surface area contributed by atoms with Gasteiger partial charge in [0.15, 0.2) is 6.54 Å². The van der Waals surface area contributed by atoms with Crippen LogP contribution >= 0.6 is 0 Å². The monoisotopic (exact) mass is 349 g/mol. The van der Waals surface area contributed by atoms with Crippen LogP contribution in [-0.4, -0.2) is 42.6 Å². The Kier molecular flexibility index (Phi) is 4.71. The molecule has 0 radical (unpaired) electrons. The average Bonchev–Trinajstić information content (AvgIpc) is 3.13. The third-order valence-electron chi connectivity index (χ3n) is 5.41. The maximum atomic E-state index is 12.6. The number of fused-ring (bicyclic) bond motifs is 1. The van der Waals surface area contributed by atoms with E-state index in [0.717, 1.165) is 48.5 Å². The summed E-state index contributed by atoms with van der Waals surface area (Å²) in [6, 6.07) is 18.0. The molecule has 1 aliphatic heterocycles. The largest absolute Gasteiger partial charge is 0.342 e. The molecular weight excluding hydrogens is 324 g/mol. The number of rotatable bonds is 4. The number of likely N-dealkylation sites (tertiary alicyclic amines) is 1. The number of carbonyl (C=O) groups is 1. The van der Waals surface area contributed by atoms with Crippen LogP contribution in [0.3, 0.4) is 0 Å². The highest BCUT2D eigenvalue weighted by Gasteiger charge is 2.27. The minimum Gasteiger partial charge on any atom is -0.342 e. The van der Waals surface area contributed by atoms with E-state index in [4.69, 9.17) is 4.98 Å². The first-order valence-corrected chi connectivity index (χ1v) is 9.30. The fraction of sp³-hybridized carbons (Fsp3) is 0.333. The number of nitrogens with one attached hydrogen (secondary N) is 2. The van der Waals surface area contributed by atoms with E-state index in [1.165, 1.54) is 4.90 Å². The lowest BCUT2D eigenvalue weighted by molar-refractivity contribution is -0.897. The second kappa shape index (κ2) is 7.30. The van der Waals surface area contributed by atoms with Gasteiger partial charge in [-0.05, 0) is 24.3 Å². The Morgan fingerprint density at radius 1 is 1.12 bits per heavy atom.